The molecule has 11 nitrogen and oxygen atoms in total. The van der Waals surface area contributed by atoms with E-state index >= 15 is 0 Å². The molecule has 1 heterocycles. The Morgan fingerprint density at radius 1 is 1.13 bits per heavy atom. The highest BCUT2D eigenvalue weighted by Crippen LogP contribution is 2.20. The molecule has 0 aromatic heterocycles. The molecule has 170 valence electrons. The minimum Gasteiger partial charge on any atom is -0.462 e. The smallest absolute Gasteiger partial charge is 0.338 e. The van der Waals surface area contributed by atoms with Gasteiger partial charge < -0.3 is 19.7 Å². The fraction of sp³-hybridized carbons (Fsp3) is 0.550. The minimum absolute atomic E-state index is 0.0387. The molecule has 0 bridgehead atoms. The number of methoxy groups -OCH3 is 1. The van der Waals surface area contributed by atoms with Crippen LogP contribution in [0.5, 0.6) is 0 Å². The number of ether oxygens (including phenoxy) is 2. The molecule has 1 aliphatic heterocycles. The van der Waals surface area contributed by atoms with Gasteiger partial charge >= 0.3 is 5.97 Å². The molecule has 0 radical (unpaired) electrons. The average molecular weight is 436 g/mol. The molecule has 0 unspecified atom stereocenters. The number of nitrogens with zero attached hydrogens (tertiary/aromatic N) is 3. The van der Waals surface area contributed by atoms with Gasteiger partial charge in [-0.3, -0.25) is 24.6 Å². The van der Waals surface area contributed by atoms with Crippen LogP contribution < -0.4 is 5.32 Å². The third-order valence-corrected chi connectivity index (χ3v) is 4.76. The molecule has 0 saturated carbocycles. The van der Waals surface area contributed by atoms with Crippen LogP contribution in [0.4, 0.5) is 5.69 Å². The van der Waals surface area contributed by atoms with E-state index in [0.717, 1.165) is 18.6 Å². The maximum absolute atomic E-state index is 12.9. The van der Waals surface area contributed by atoms with E-state index in [0.29, 0.717) is 39.3 Å². The number of nitro benzene ring substituents is 1. The number of benzene rings is 1. The lowest BCUT2D eigenvalue weighted by atomic mass is 10.1. The van der Waals surface area contributed by atoms with Gasteiger partial charge in [-0.05, 0) is 19.4 Å². The van der Waals surface area contributed by atoms with E-state index in [9.17, 15) is 24.5 Å². The summed E-state index contributed by atoms with van der Waals surface area (Å²) in [5, 5.41) is 14.0. The van der Waals surface area contributed by atoms with Crippen LogP contribution in [0.3, 0.4) is 0 Å². The van der Waals surface area contributed by atoms with Crippen LogP contribution in [-0.2, 0) is 14.3 Å². The van der Waals surface area contributed by atoms with Crippen molar-refractivity contribution in [3.8, 4) is 0 Å². The molecular weight excluding hydrogens is 408 g/mol. The normalized spacial score (nSPS) is 14.2. The van der Waals surface area contributed by atoms with Crippen LogP contribution in [0.15, 0.2) is 18.2 Å². The van der Waals surface area contributed by atoms with Crippen molar-refractivity contribution < 1.29 is 28.8 Å². The molecule has 1 fully saturated rings. The molecular formula is C20H28N4O7. The summed E-state index contributed by atoms with van der Waals surface area (Å²) in [7, 11) is 1.61. The quantitative estimate of drug-likeness (QED) is 0.245. The van der Waals surface area contributed by atoms with E-state index in [2.05, 4.69) is 5.32 Å². The molecule has 1 saturated heterocycles. The van der Waals surface area contributed by atoms with Crippen molar-refractivity contribution in [3.05, 3.63) is 39.4 Å². The first-order valence-corrected chi connectivity index (χ1v) is 10.1. The molecule has 0 atom stereocenters. The van der Waals surface area contributed by atoms with Crippen molar-refractivity contribution in [1.82, 2.24) is 15.1 Å². The molecule has 0 aliphatic carbocycles. The zero-order chi connectivity index (χ0) is 22.8. The lowest BCUT2D eigenvalue weighted by Gasteiger charge is -2.34. The minimum atomic E-state index is -0.721. The predicted molar refractivity (Wildman–Crippen MR) is 111 cm³/mol. The maximum Gasteiger partial charge on any atom is 0.338 e. The Morgan fingerprint density at radius 3 is 2.42 bits per heavy atom. The zero-order valence-corrected chi connectivity index (χ0v) is 17.8. The molecule has 1 N–H and O–H groups in total. The number of esters is 1. The van der Waals surface area contributed by atoms with E-state index < -0.39 is 16.8 Å². The first-order valence-electron chi connectivity index (χ1n) is 10.1. The molecule has 0 spiro atoms. The number of amides is 2. The van der Waals surface area contributed by atoms with Gasteiger partial charge in [0, 0.05) is 64.1 Å². The van der Waals surface area contributed by atoms with E-state index in [1.807, 2.05) is 4.90 Å². The lowest BCUT2D eigenvalue weighted by Crippen LogP contribution is -2.51. The summed E-state index contributed by atoms with van der Waals surface area (Å²) >= 11 is 0. The highest BCUT2D eigenvalue weighted by molar-refractivity contribution is 5.99. The van der Waals surface area contributed by atoms with Gasteiger partial charge in [-0.1, -0.05) is 0 Å². The van der Waals surface area contributed by atoms with Crippen LogP contribution in [0, 0.1) is 10.1 Å². The van der Waals surface area contributed by atoms with Gasteiger partial charge in [0.15, 0.2) is 0 Å². The van der Waals surface area contributed by atoms with Gasteiger partial charge in [0.2, 0.25) is 5.91 Å². The Balaban J connectivity index is 1.96. The summed E-state index contributed by atoms with van der Waals surface area (Å²) in [6, 6.07) is 3.57. The third kappa shape index (κ3) is 7.30. The number of carbonyl (C=O) groups excluding carboxylic acids is 3. The Labute approximate surface area is 180 Å². The third-order valence-electron chi connectivity index (χ3n) is 4.76. The van der Waals surface area contributed by atoms with Crippen LogP contribution in [0.25, 0.3) is 0 Å². The highest BCUT2D eigenvalue weighted by Gasteiger charge is 2.26. The standard InChI is InChI=1S/C20H28N4O7/c1-3-31-20(27)16-11-15(12-17(13-16)24(28)29)19(26)23-8-6-22(7-9-23)14-18(25)21-5-4-10-30-2/h11-13H,3-10,14H2,1-2H3,(H,21,25). The number of nitrogens with one attached hydrogen (secondary N) is 1. The summed E-state index contributed by atoms with van der Waals surface area (Å²) in [6.45, 7) is 4.83. The number of non-ortho nitro benzene ring substituents is 1. The number of rotatable bonds is 10. The maximum atomic E-state index is 12.9. The van der Waals surface area contributed by atoms with Crippen molar-refractivity contribution in [1.29, 1.82) is 0 Å². The van der Waals surface area contributed by atoms with Crippen molar-refractivity contribution in [2.24, 2.45) is 0 Å². The number of piperazine rings is 1. The summed E-state index contributed by atoms with van der Waals surface area (Å²) in [5.41, 5.74) is -0.331. The SMILES string of the molecule is CCOC(=O)c1cc(C(=O)N2CCN(CC(=O)NCCCOC)CC2)cc([N+](=O)[O-])c1. The van der Waals surface area contributed by atoms with Crippen LogP contribution in [-0.4, -0.2) is 92.1 Å². The Kier molecular flexibility index (Phi) is 9.35. The fourth-order valence-corrected chi connectivity index (χ4v) is 3.17. The first kappa shape index (κ1) is 24.2. The lowest BCUT2D eigenvalue weighted by molar-refractivity contribution is -0.384. The second kappa shape index (κ2) is 12.0. The van der Waals surface area contributed by atoms with Gasteiger partial charge in [-0.25, -0.2) is 4.79 Å². The Bertz CT molecular complexity index is 807. The molecule has 31 heavy (non-hydrogen) atoms. The van der Waals surface area contributed by atoms with E-state index in [1.165, 1.54) is 6.07 Å². The molecule has 1 aliphatic rings. The van der Waals surface area contributed by atoms with Crippen molar-refractivity contribution >= 4 is 23.5 Å². The second-order valence-corrected chi connectivity index (χ2v) is 7.01. The zero-order valence-electron chi connectivity index (χ0n) is 17.8. The Hall–Kier alpha value is -3.05. The predicted octanol–water partition coefficient (Wildman–Crippen LogP) is 0.682. The van der Waals surface area contributed by atoms with E-state index in [4.69, 9.17) is 9.47 Å². The van der Waals surface area contributed by atoms with Crippen molar-refractivity contribution in [3.63, 3.8) is 0 Å². The monoisotopic (exact) mass is 436 g/mol. The van der Waals surface area contributed by atoms with E-state index in [-0.39, 0.29) is 35.9 Å². The fourth-order valence-electron chi connectivity index (χ4n) is 3.17. The largest absolute Gasteiger partial charge is 0.462 e. The first-order chi connectivity index (χ1) is 14.8. The average Bonchev–Trinajstić information content (AvgIpc) is 2.76. The van der Waals surface area contributed by atoms with Gasteiger partial charge in [0.1, 0.15) is 0 Å². The van der Waals surface area contributed by atoms with E-state index in [1.54, 1.807) is 18.9 Å². The number of hydrogen-bond acceptors (Lipinski definition) is 8. The Morgan fingerprint density at radius 2 is 1.81 bits per heavy atom. The molecule has 11 heteroatoms. The molecule has 2 rings (SSSR count). The highest BCUT2D eigenvalue weighted by atomic mass is 16.6. The summed E-state index contributed by atoms with van der Waals surface area (Å²) < 4.78 is 9.83. The van der Waals surface area contributed by atoms with Crippen LogP contribution in [0.2, 0.25) is 0 Å². The number of nitro groups is 1. The molecule has 1 aromatic carbocycles. The van der Waals surface area contributed by atoms with Gasteiger partial charge in [-0.2, -0.15) is 0 Å². The topological polar surface area (TPSA) is 131 Å². The second-order valence-electron chi connectivity index (χ2n) is 7.01. The summed E-state index contributed by atoms with van der Waals surface area (Å²) in [6.07, 6.45) is 0.738. The molecule has 2 amide bonds. The van der Waals surface area contributed by atoms with Gasteiger partial charge in [0.05, 0.1) is 23.6 Å². The van der Waals surface area contributed by atoms with Crippen molar-refractivity contribution in [2.45, 2.75) is 13.3 Å². The summed E-state index contributed by atoms with van der Waals surface area (Å²) in [4.78, 5) is 50.9. The number of carbonyl (C=O) groups is 3. The molecule has 1 aromatic rings. The number of hydrogen-bond donors (Lipinski definition) is 1. The van der Waals surface area contributed by atoms with Crippen LogP contribution in [0.1, 0.15) is 34.1 Å². The van der Waals surface area contributed by atoms with Crippen molar-refractivity contribution in [2.75, 3.05) is 59.6 Å². The van der Waals surface area contributed by atoms with Gasteiger partial charge in [-0.15, -0.1) is 0 Å². The summed E-state index contributed by atoms with van der Waals surface area (Å²) in [5.74, 6) is -1.21. The van der Waals surface area contributed by atoms with Gasteiger partial charge in [0.25, 0.3) is 11.6 Å². The van der Waals surface area contributed by atoms with Crippen LogP contribution >= 0.6 is 0 Å².